The lowest BCUT2D eigenvalue weighted by atomic mass is 9.89. The average molecular weight is 406 g/mol. The minimum absolute atomic E-state index is 0.0178. The molecule has 0 bridgehead atoms. The molecule has 0 spiro atoms. The number of amides is 1. The van der Waals surface area contributed by atoms with Crippen LogP contribution in [0.4, 0.5) is 0 Å². The summed E-state index contributed by atoms with van der Waals surface area (Å²) in [6.45, 7) is 0.876. The maximum Gasteiger partial charge on any atom is 0.259 e. The summed E-state index contributed by atoms with van der Waals surface area (Å²) >= 11 is 3.20. The van der Waals surface area contributed by atoms with Crippen LogP contribution in [0.1, 0.15) is 54.8 Å². The molecule has 2 aromatic rings. The number of H-pyrrole nitrogens is 1. The number of aromatic amines is 1. The number of hydrogen-bond acceptors (Lipinski definition) is 5. The molecule has 0 radical (unpaired) electrons. The number of nitrogens with zero attached hydrogens (tertiary/aromatic N) is 2. The minimum atomic E-state index is -0.0178. The van der Waals surface area contributed by atoms with Crippen molar-refractivity contribution in [2.75, 3.05) is 19.3 Å². The van der Waals surface area contributed by atoms with Crippen LogP contribution >= 0.6 is 23.1 Å². The minimum Gasteiger partial charge on any atom is -0.345 e. The molecule has 2 aliphatic rings. The zero-order valence-corrected chi connectivity index (χ0v) is 17.5. The Bertz CT molecular complexity index is 883. The Morgan fingerprint density at radius 1 is 1.26 bits per heavy atom. The number of rotatable bonds is 6. The third-order valence-corrected chi connectivity index (χ3v) is 7.89. The lowest BCUT2D eigenvalue weighted by Crippen LogP contribution is -2.33. The molecule has 1 N–H and O–H groups in total. The van der Waals surface area contributed by atoms with Gasteiger partial charge in [-0.2, -0.15) is 0 Å². The molecule has 0 aromatic carbocycles. The lowest BCUT2D eigenvalue weighted by Gasteiger charge is -2.27. The summed E-state index contributed by atoms with van der Waals surface area (Å²) in [5, 5.41) is 0.796. The molecule has 4 rings (SSSR count). The molecule has 0 aliphatic heterocycles. The van der Waals surface area contributed by atoms with E-state index in [0.29, 0.717) is 23.2 Å². The fraction of sp³-hybridized carbons (Fsp3) is 0.650. The van der Waals surface area contributed by atoms with Gasteiger partial charge in [-0.15, -0.1) is 23.1 Å². The second-order valence-corrected chi connectivity index (χ2v) is 9.89. The molecular weight excluding hydrogens is 378 g/mol. The summed E-state index contributed by atoms with van der Waals surface area (Å²) in [6, 6.07) is 0. The first kappa shape index (κ1) is 19.0. The molecule has 2 heterocycles. The van der Waals surface area contributed by atoms with Crippen LogP contribution in [0, 0.1) is 5.92 Å². The number of carbonyl (C=O) groups excluding carboxylic acids is 1. The number of aryl methyl sites for hydroxylation is 2. The highest BCUT2D eigenvalue weighted by atomic mass is 32.2. The zero-order valence-electron chi connectivity index (χ0n) is 15.9. The molecule has 7 heteroatoms. The first-order valence-corrected chi connectivity index (χ1v) is 11.9. The van der Waals surface area contributed by atoms with E-state index in [0.717, 1.165) is 36.0 Å². The lowest BCUT2D eigenvalue weighted by molar-refractivity contribution is -0.127. The van der Waals surface area contributed by atoms with Gasteiger partial charge in [0.1, 0.15) is 10.7 Å². The van der Waals surface area contributed by atoms with Crippen molar-refractivity contribution in [2.45, 2.75) is 57.1 Å². The van der Waals surface area contributed by atoms with Crippen molar-refractivity contribution in [3.05, 3.63) is 26.6 Å². The summed E-state index contributed by atoms with van der Waals surface area (Å²) in [5.41, 5.74) is 1.19. The summed E-state index contributed by atoms with van der Waals surface area (Å²) in [7, 11) is 1.91. The molecule has 146 valence electrons. The fourth-order valence-electron chi connectivity index (χ4n) is 4.32. The number of thioether (sulfide) groups is 1. The molecular formula is C20H27N3O2S2. The van der Waals surface area contributed by atoms with Crippen LogP contribution in [0.3, 0.4) is 0 Å². The van der Waals surface area contributed by atoms with Crippen molar-refractivity contribution in [2.24, 2.45) is 5.92 Å². The normalized spacial score (nSPS) is 17.4. The van der Waals surface area contributed by atoms with E-state index in [-0.39, 0.29) is 11.5 Å². The first-order chi connectivity index (χ1) is 13.1. The van der Waals surface area contributed by atoms with E-state index in [1.807, 2.05) is 11.9 Å². The van der Waals surface area contributed by atoms with E-state index in [1.54, 1.807) is 11.3 Å². The third kappa shape index (κ3) is 4.24. The molecule has 0 unspecified atom stereocenters. The second-order valence-electron chi connectivity index (χ2n) is 7.82. The smallest absolute Gasteiger partial charge is 0.259 e. The molecule has 5 nitrogen and oxygen atoms in total. The maximum absolute atomic E-state index is 12.5. The maximum atomic E-state index is 12.5. The van der Waals surface area contributed by atoms with E-state index in [2.05, 4.69) is 9.97 Å². The predicted molar refractivity (Wildman–Crippen MR) is 113 cm³/mol. The average Bonchev–Trinajstić information content (AvgIpc) is 3.23. The quantitative estimate of drug-likeness (QED) is 0.795. The van der Waals surface area contributed by atoms with Crippen molar-refractivity contribution in [1.29, 1.82) is 0 Å². The summed E-state index contributed by atoms with van der Waals surface area (Å²) < 4.78 is 0. The number of carbonyl (C=O) groups is 1. The Labute approximate surface area is 167 Å². The van der Waals surface area contributed by atoms with Gasteiger partial charge in [0.25, 0.3) is 5.56 Å². The number of hydrogen-bond donors (Lipinski definition) is 1. The Balaban J connectivity index is 1.32. The van der Waals surface area contributed by atoms with E-state index in [4.69, 9.17) is 0 Å². The Morgan fingerprint density at radius 3 is 2.89 bits per heavy atom. The summed E-state index contributed by atoms with van der Waals surface area (Å²) in [5.74, 6) is 2.52. The summed E-state index contributed by atoms with van der Waals surface area (Å²) in [6.07, 6.45) is 9.65. The molecule has 1 fully saturated rings. The first-order valence-electron chi connectivity index (χ1n) is 9.97. The number of nitrogens with one attached hydrogen (secondary N) is 1. The van der Waals surface area contributed by atoms with Crippen LogP contribution < -0.4 is 5.56 Å². The highest BCUT2D eigenvalue weighted by Gasteiger charge is 2.21. The van der Waals surface area contributed by atoms with Crippen molar-refractivity contribution in [3.8, 4) is 0 Å². The van der Waals surface area contributed by atoms with Gasteiger partial charge >= 0.3 is 0 Å². The number of aromatic nitrogens is 2. The molecule has 1 saturated carbocycles. The standard InChI is InChI=1S/C20H27N3O2S2/c1-23(10-13-6-3-2-4-7-13)17(24)12-26-11-16-21-19(25)18-14-8-5-9-15(14)27-20(18)22-16/h13H,2-12H2,1H3,(H,21,22,25). The zero-order chi connectivity index (χ0) is 18.8. The molecule has 0 saturated heterocycles. The largest absolute Gasteiger partial charge is 0.345 e. The van der Waals surface area contributed by atoms with Crippen LogP contribution in [-0.4, -0.2) is 40.1 Å². The van der Waals surface area contributed by atoms with E-state index in [1.165, 1.54) is 54.3 Å². The molecule has 2 aromatic heterocycles. The van der Waals surface area contributed by atoms with Crippen LogP contribution in [0.25, 0.3) is 10.2 Å². The van der Waals surface area contributed by atoms with Gasteiger partial charge in [-0.1, -0.05) is 19.3 Å². The number of fused-ring (bicyclic) bond motifs is 3. The molecule has 0 atom stereocenters. The summed E-state index contributed by atoms with van der Waals surface area (Å²) in [4.78, 5) is 36.5. The van der Waals surface area contributed by atoms with Gasteiger partial charge in [0.15, 0.2) is 0 Å². The Morgan fingerprint density at radius 2 is 2.07 bits per heavy atom. The fourth-order valence-corrected chi connectivity index (χ4v) is 6.43. The van der Waals surface area contributed by atoms with Crippen molar-refractivity contribution < 1.29 is 4.79 Å². The molecule has 27 heavy (non-hydrogen) atoms. The topological polar surface area (TPSA) is 66.1 Å². The molecule has 2 aliphatic carbocycles. The van der Waals surface area contributed by atoms with E-state index >= 15 is 0 Å². The van der Waals surface area contributed by atoms with Gasteiger partial charge in [0.2, 0.25) is 5.91 Å². The van der Waals surface area contributed by atoms with Crippen molar-refractivity contribution in [1.82, 2.24) is 14.9 Å². The van der Waals surface area contributed by atoms with Gasteiger partial charge < -0.3 is 9.88 Å². The predicted octanol–water partition coefficient (Wildman–Crippen LogP) is 3.75. The SMILES string of the molecule is CN(CC1CCCCC1)C(=O)CSCc1nc2sc3c(c2c(=O)[nH]1)CCC3. The van der Waals surface area contributed by atoms with Gasteiger partial charge in [-0.05, 0) is 43.6 Å². The van der Waals surface area contributed by atoms with Gasteiger partial charge in [-0.25, -0.2) is 4.98 Å². The van der Waals surface area contributed by atoms with E-state index < -0.39 is 0 Å². The van der Waals surface area contributed by atoms with Gasteiger partial charge in [0.05, 0.1) is 16.9 Å². The van der Waals surface area contributed by atoms with Crippen LogP contribution in [0.5, 0.6) is 0 Å². The van der Waals surface area contributed by atoms with Gasteiger partial charge in [-0.3, -0.25) is 9.59 Å². The van der Waals surface area contributed by atoms with Gasteiger partial charge in [0, 0.05) is 18.5 Å². The third-order valence-electron chi connectivity index (χ3n) is 5.77. The highest BCUT2D eigenvalue weighted by Crippen LogP contribution is 2.34. The Kier molecular flexibility index (Phi) is 5.88. The highest BCUT2D eigenvalue weighted by molar-refractivity contribution is 7.99. The van der Waals surface area contributed by atoms with Crippen LogP contribution in [0.15, 0.2) is 4.79 Å². The molecule has 1 amide bonds. The van der Waals surface area contributed by atoms with Crippen LogP contribution in [0.2, 0.25) is 0 Å². The Hall–Kier alpha value is -1.34. The monoisotopic (exact) mass is 405 g/mol. The second kappa shape index (κ2) is 8.35. The van der Waals surface area contributed by atoms with Crippen LogP contribution in [-0.2, 0) is 23.4 Å². The van der Waals surface area contributed by atoms with Crippen molar-refractivity contribution >= 4 is 39.2 Å². The van der Waals surface area contributed by atoms with E-state index in [9.17, 15) is 9.59 Å². The number of thiophene rings is 1. The van der Waals surface area contributed by atoms with Crippen molar-refractivity contribution in [3.63, 3.8) is 0 Å².